The van der Waals surface area contributed by atoms with Gasteiger partial charge >= 0.3 is 5.97 Å². The molecular formula is C20H24O4. The van der Waals surface area contributed by atoms with Gasteiger partial charge in [0.1, 0.15) is 12.4 Å². The SMILES string of the molecule is CCOC(=O)C(Cc1ccc(OCc2ccccc2)cc1)OCC. The molecule has 0 fully saturated rings. The van der Waals surface area contributed by atoms with Crippen molar-refractivity contribution in [3.05, 3.63) is 65.7 Å². The number of rotatable bonds is 9. The van der Waals surface area contributed by atoms with Crippen molar-refractivity contribution in [2.45, 2.75) is 33.0 Å². The fraction of sp³-hybridized carbons (Fsp3) is 0.350. The predicted octanol–water partition coefficient (Wildman–Crippen LogP) is 3.78. The van der Waals surface area contributed by atoms with Crippen molar-refractivity contribution in [3.63, 3.8) is 0 Å². The molecule has 1 atom stereocenters. The molecule has 0 radical (unpaired) electrons. The highest BCUT2D eigenvalue weighted by atomic mass is 16.6. The van der Waals surface area contributed by atoms with Gasteiger partial charge in [-0.05, 0) is 37.1 Å². The molecule has 128 valence electrons. The molecule has 1 unspecified atom stereocenters. The zero-order chi connectivity index (χ0) is 17.2. The average molecular weight is 328 g/mol. The molecule has 0 bridgehead atoms. The highest BCUT2D eigenvalue weighted by molar-refractivity contribution is 5.75. The molecule has 24 heavy (non-hydrogen) atoms. The van der Waals surface area contributed by atoms with E-state index in [2.05, 4.69) is 0 Å². The molecule has 2 aromatic rings. The smallest absolute Gasteiger partial charge is 0.335 e. The van der Waals surface area contributed by atoms with E-state index in [0.29, 0.717) is 26.2 Å². The fourth-order valence-electron chi connectivity index (χ4n) is 2.32. The third-order valence-corrected chi connectivity index (χ3v) is 3.51. The third kappa shape index (κ3) is 5.70. The number of ether oxygens (including phenoxy) is 3. The number of esters is 1. The van der Waals surface area contributed by atoms with Crippen LogP contribution in [0.25, 0.3) is 0 Å². The summed E-state index contributed by atoms with van der Waals surface area (Å²) in [5.74, 6) is 0.482. The third-order valence-electron chi connectivity index (χ3n) is 3.51. The van der Waals surface area contributed by atoms with Crippen molar-refractivity contribution in [3.8, 4) is 5.75 Å². The Morgan fingerprint density at radius 2 is 1.62 bits per heavy atom. The van der Waals surface area contributed by atoms with Crippen molar-refractivity contribution in [1.29, 1.82) is 0 Å². The van der Waals surface area contributed by atoms with Crippen LogP contribution in [-0.2, 0) is 27.3 Å². The van der Waals surface area contributed by atoms with Gasteiger partial charge in [0.25, 0.3) is 0 Å². The molecule has 0 saturated heterocycles. The number of hydrogen-bond donors (Lipinski definition) is 0. The molecule has 0 spiro atoms. The molecule has 0 amide bonds. The Hall–Kier alpha value is -2.33. The average Bonchev–Trinajstić information content (AvgIpc) is 2.62. The van der Waals surface area contributed by atoms with Crippen molar-refractivity contribution in [1.82, 2.24) is 0 Å². The van der Waals surface area contributed by atoms with Crippen molar-refractivity contribution < 1.29 is 19.0 Å². The molecule has 0 heterocycles. The Morgan fingerprint density at radius 1 is 0.917 bits per heavy atom. The number of carbonyl (C=O) groups excluding carboxylic acids is 1. The predicted molar refractivity (Wildman–Crippen MR) is 93.0 cm³/mol. The molecule has 0 aromatic heterocycles. The molecule has 0 aliphatic heterocycles. The van der Waals surface area contributed by atoms with Crippen LogP contribution in [0.5, 0.6) is 5.75 Å². The monoisotopic (exact) mass is 328 g/mol. The lowest BCUT2D eigenvalue weighted by molar-refractivity contribution is -0.156. The lowest BCUT2D eigenvalue weighted by Crippen LogP contribution is -2.28. The molecule has 0 aliphatic rings. The van der Waals surface area contributed by atoms with Crippen LogP contribution in [0.1, 0.15) is 25.0 Å². The van der Waals surface area contributed by atoms with E-state index >= 15 is 0 Å². The molecule has 2 rings (SSSR count). The Bertz CT molecular complexity index is 607. The minimum atomic E-state index is -0.564. The highest BCUT2D eigenvalue weighted by Gasteiger charge is 2.20. The van der Waals surface area contributed by atoms with Crippen LogP contribution in [0.3, 0.4) is 0 Å². The molecule has 4 nitrogen and oxygen atoms in total. The molecule has 0 aliphatic carbocycles. The van der Waals surface area contributed by atoms with Crippen LogP contribution >= 0.6 is 0 Å². The van der Waals surface area contributed by atoms with Crippen LogP contribution in [-0.4, -0.2) is 25.3 Å². The van der Waals surface area contributed by atoms with Crippen molar-refractivity contribution in [2.24, 2.45) is 0 Å². The lowest BCUT2D eigenvalue weighted by Gasteiger charge is -2.15. The van der Waals surface area contributed by atoms with Crippen LogP contribution in [0.2, 0.25) is 0 Å². The summed E-state index contributed by atoms with van der Waals surface area (Å²) in [5.41, 5.74) is 2.13. The largest absolute Gasteiger partial charge is 0.489 e. The summed E-state index contributed by atoms with van der Waals surface area (Å²) in [6.45, 7) is 5.02. The minimum Gasteiger partial charge on any atom is -0.489 e. The quantitative estimate of drug-likeness (QED) is 0.657. The lowest BCUT2D eigenvalue weighted by atomic mass is 10.1. The molecule has 2 aromatic carbocycles. The maximum atomic E-state index is 11.9. The normalized spacial score (nSPS) is 11.8. The maximum absolute atomic E-state index is 11.9. The van der Waals surface area contributed by atoms with Gasteiger partial charge in [0, 0.05) is 13.0 Å². The van der Waals surface area contributed by atoms with Crippen LogP contribution in [0.4, 0.5) is 0 Å². The number of hydrogen-bond acceptors (Lipinski definition) is 4. The topological polar surface area (TPSA) is 44.8 Å². The minimum absolute atomic E-state index is 0.316. The summed E-state index contributed by atoms with van der Waals surface area (Å²) in [6, 6.07) is 17.7. The second-order valence-electron chi connectivity index (χ2n) is 5.32. The van der Waals surface area contributed by atoms with Gasteiger partial charge in [-0.15, -0.1) is 0 Å². The second kappa shape index (κ2) is 9.73. The zero-order valence-electron chi connectivity index (χ0n) is 14.2. The first-order valence-corrected chi connectivity index (χ1v) is 8.26. The highest BCUT2D eigenvalue weighted by Crippen LogP contribution is 2.16. The zero-order valence-corrected chi connectivity index (χ0v) is 14.2. The summed E-state index contributed by atoms with van der Waals surface area (Å²) in [6.07, 6.45) is -0.0721. The van der Waals surface area contributed by atoms with E-state index in [0.717, 1.165) is 16.9 Å². The molecular weight excluding hydrogens is 304 g/mol. The van der Waals surface area contributed by atoms with Crippen LogP contribution in [0.15, 0.2) is 54.6 Å². The first-order valence-electron chi connectivity index (χ1n) is 8.26. The van der Waals surface area contributed by atoms with E-state index in [1.165, 1.54) is 0 Å². The van der Waals surface area contributed by atoms with E-state index in [-0.39, 0.29) is 5.97 Å². The number of benzene rings is 2. The van der Waals surface area contributed by atoms with Crippen molar-refractivity contribution in [2.75, 3.05) is 13.2 Å². The summed E-state index contributed by atoms with van der Waals surface area (Å²) in [4.78, 5) is 11.9. The maximum Gasteiger partial charge on any atom is 0.335 e. The van der Waals surface area contributed by atoms with Gasteiger partial charge in [-0.1, -0.05) is 42.5 Å². The van der Waals surface area contributed by atoms with Gasteiger partial charge in [0.2, 0.25) is 0 Å². The molecule has 0 N–H and O–H groups in total. The van der Waals surface area contributed by atoms with Gasteiger partial charge in [-0.25, -0.2) is 4.79 Å². The van der Waals surface area contributed by atoms with E-state index < -0.39 is 6.10 Å². The Labute approximate surface area is 143 Å². The number of carbonyl (C=O) groups is 1. The summed E-state index contributed by atoms with van der Waals surface area (Å²) in [7, 11) is 0. The van der Waals surface area contributed by atoms with Gasteiger partial charge < -0.3 is 14.2 Å². The summed E-state index contributed by atoms with van der Waals surface area (Å²) >= 11 is 0. The van der Waals surface area contributed by atoms with E-state index in [1.807, 2.05) is 61.5 Å². The van der Waals surface area contributed by atoms with Gasteiger partial charge in [0.05, 0.1) is 6.61 Å². The molecule has 0 saturated carbocycles. The summed E-state index contributed by atoms with van der Waals surface area (Å²) < 4.78 is 16.3. The van der Waals surface area contributed by atoms with Gasteiger partial charge in [-0.3, -0.25) is 0 Å². The van der Waals surface area contributed by atoms with E-state index in [1.54, 1.807) is 6.92 Å². The first-order chi connectivity index (χ1) is 11.7. The Kier molecular flexibility index (Phi) is 7.30. The Balaban J connectivity index is 1.91. The first kappa shape index (κ1) is 18.0. The Morgan fingerprint density at radius 3 is 2.25 bits per heavy atom. The molecule has 4 heteroatoms. The standard InChI is InChI=1S/C20H24O4/c1-3-22-19(20(21)23-4-2)14-16-10-12-18(13-11-16)24-15-17-8-6-5-7-9-17/h5-13,19H,3-4,14-15H2,1-2H3. The summed E-state index contributed by atoms with van der Waals surface area (Å²) in [5, 5.41) is 0. The van der Waals surface area contributed by atoms with Gasteiger partial charge in [0.15, 0.2) is 6.10 Å². The van der Waals surface area contributed by atoms with Gasteiger partial charge in [-0.2, -0.15) is 0 Å². The van der Waals surface area contributed by atoms with Crippen LogP contribution < -0.4 is 4.74 Å². The fourth-order valence-corrected chi connectivity index (χ4v) is 2.32. The van der Waals surface area contributed by atoms with E-state index in [9.17, 15) is 4.79 Å². The van der Waals surface area contributed by atoms with Crippen molar-refractivity contribution >= 4 is 5.97 Å². The van der Waals surface area contributed by atoms with Crippen LogP contribution in [0, 0.1) is 0 Å². The van der Waals surface area contributed by atoms with E-state index in [4.69, 9.17) is 14.2 Å². The second-order valence-corrected chi connectivity index (χ2v) is 5.32.